The summed E-state index contributed by atoms with van der Waals surface area (Å²) in [5.74, 6) is 0. The zero-order valence-corrected chi connectivity index (χ0v) is 21.9. The maximum atomic E-state index is 11.7. The molecule has 196 valence electrons. The van der Waals surface area contributed by atoms with Crippen molar-refractivity contribution in [2.75, 3.05) is 19.5 Å². The Balaban J connectivity index is 1.25. The van der Waals surface area contributed by atoms with E-state index in [4.69, 9.17) is 25.8 Å². The van der Waals surface area contributed by atoms with Crippen molar-refractivity contribution >= 4 is 39.2 Å². The number of aromatic amines is 1. The number of nitrogens with one attached hydrogen (secondary N) is 1. The number of aliphatic hydroxyl groups is 1. The van der Waals surface area contributed by atoms with Crippen molar-refractivity contribution < 1.29 is 27.7 Å². The number of aliphatic hydroxyl groups excluding tert-OH is 1. The lowest BCUT2D eigenvalue weighted by Crippen LogP contribution is -2.47. The number of hydrogen-bond donors (Lipinski definition) is 2. The van der Waals surface area contributed by atoms with Crippen LogP contribution in [-0.2, 0) is 19.3 Å². The molecule has 38 heavy (non-hydrogen) atoms. The molecule has 2 saturated heterocycles. The topological polar surface area (TPSA) is 123 Å². The number of imidazole rings is 1. The van der Waals surface area contributed by atoms with Gasteiger partial charge < -0.3 is 24.3 Å². The molecule has 0 spiro atoms. The molecule has 0 radical (unpaired) electrons. The first-order chi connectivity index (χ1) is 18.2. The number of H-pyrrole nitrogens is 1. The summed E-state index contributed by atoms with van der Waals surface area (Å²) in [7, 11) is -3.25. The largest absolute Gasteiger partial charge is 0.454 e. The summed E-state index contributed by atoms with van der Waals surface area (Å²) >= 11 is 6.63. The first-order valence-electron chi connectivity index (χ1n) is 11.9. The maximum absolute atomic E-state index is 11.7. The molecule has 0 unspecified atom stereocenters. The van der Waals surface area contributed by atoms with Gasteiger partial charge in [0.05, 0.1) is 34.2 Å². The number of ether oxygens (including phenoxy) is 3. The molecule has 0 aliphatic carbocycles. The van der Waals surface area contributed by atoms with Crippen LogP contribution < -0.4 is 4.74 Å². The molecule has 9 nitrogen and oxygen atoms in total. The number of rotatable bonds is 6. The Labute approximate surface area is 224 Å². The molecule has 2 fully saturated rings. The van der Waals surface area contributed by atoms with Gasteiger partial charge in [0.25, 0.3) is 6.01 Å². The molecule has 0 saturated carbocycles. The van der Waals surface area contributed by atoms with E-state index in [-0.39, 0.29) is 24.1 Å². The van der Waals surface area contributed by atoms with Crippen molar-refractivity contribution in [2.45, 2.75) is 28.9 Å². The van der Waals surface area contributed by atoms with E-state index in [1.54, 1.807) is 30.3 Å². The minimum Gasteiger partial charge on any atom is -0.454 e. The van der Waals surface area contributed by atoms with Crippen LogP contribution in [0.1, 0.15) is 0 Å². The Morgan fingerprint density at radius 2 is 1.76 bits per heavy atom. The normalized spacial score (nSPS) is 25.0. The highest BCUT2D eigenvalue weighted by Crippen LogP contribution is 2.41. The molecule has 1 aromatic heterocycles. The van der Waals surface area contributed by atoms with Crippen molar-refractivity contribution in [3.63, 3.8) is 0 Å². The smallest absolute Gasteiger partial charge is 0.295 e. The van der Waals surface area contributed by atoms with Crippen molar-refractivity contribution in [2.24, 2.45) is 4.99 Å². The molecule has 6 rings (SSSR count). The number of aliphatic imine (C=N–C) groups is 1. The molecule has 2 N–H and O–H groups in total. The molecule has 3 heterocycles. The molecule has 0 bridgehead atoms. The average molecular weight is 554 g/mol. The van der Waals surface area contributed by atoms with Gasteiger partial charge in [0.1, 0.15) is 12.2 Å². The van der Waals surface area contributed by atoms with Crippen molar-refractivity contribution in [3.8, 4) is 28.3 Å². The fraction of sp³-hybridized carbons (Fsp3) is 0.259. The SMILES string of the molecule is C=N[C@]12OC[C@@H](O)[C@H]1OC[C@H]2Oc1nc2cc(-c3ccc(-c4ccc(S(C)(=O)=O)cc4)cc3)c(Cl)cc2[nH]1. The average Bonchev–Trinajstić information content (AvgIpc) is 3.56. The summed E-state index contributed by atoms with van der Waals surface area (Å²) in [6.45, 7) is 3.89. The highest BCUT2D eigenvalue weighted by atomic mass is 35.5. The molecule has 0 amide bonds. The monoisotopic (exact) mass is 553 g/mol. The van der Waals surface area contributed by atoms with E-state index in [1.807, 2.05) is 30.3 Å². The van der Waals surface area contributed by atoms with Crippen LogP contribution in [-0.4, -0.2) is 73.7 Å². The Kier molecular flexibility index (Phi) is 6.04. The van der Waals surface area contributed by atoms with Crippen LogP contribution in [0, 0.1) is 0 Å². The minimum atomic E-state index is -3.25. The number of benzene rings is 3. The van der Waals surface area contributed by atoms with Gasteiger partial charge in [0, 0.05) is 11.8 Å². The lowest BCUT2D eigenvalue weighted by molar-refractivity contribution is -0.0618. The van der Waals surface area contributed by atoms with Gasteiger partial charge in [-0.1, -0.05) is 48.0 Å². The lowest BCUT2D eigenvalue weighted by atomic mass is 10.00. The van der Waals surface area contributed by atoms with E-state index in [9.17, 15) is 13.5 Å². The van der Waals surface area contributed by atoms with Gasteiger partial charge in [0.2, 0.25) is 5.72 Å². The Bertz CT molecular complexity index is 1640. The lowest BCUT2D eigenvalue weighted by Gasteiger charge is -2.27. The molecule has 2 aliphatic heterocycles. The van der Waals surface area contributed by atoms with Crippen molar-refractivity contribution in [3.05, 3.63) is 65.7 Å². The van der Waals surface area contributed by atoms with Crippen molar-refractivity contribution in [1.29, 1.82) is 0 Å². The molecule has 3 aromatic carbocycles. The fourth-order valence-electron chi connectivity index (χ4n) is 4.99. The van der Waals surface area contributed by atoms with Gasteiger partial charge in [-0.05, 0) is 47.7 Å². The number of sulfone groups is 1. The van der Waals surface area contributed by atoms with Crippen LogP contribution in [0.2, 0.25) is 5.02 Å². The molecular formula is C27H24ClN3O6S. The van der Waals surface area contributed by atoms with Crippen LogP contribution in [0.5, 0.6) is 6.01 Å². The second-order valence-corrected chi connectivity index (χ2v) is 11.8. The fourth-order valence-corrected chi connectivity index (χ4v) is 5.90. The van der Waals surface area contributed by atoms with E-state index < -0.39 is 33.9 Å². The van der Waals surface area contributed by atoms with Crippen LogP contribution in [0.4, 0.5) is 0 Å². The van der Waals surface area contributed by atoms with Gasteiger partial charge in [-0.2, -0.15) is 4.98 Å². The zero-order valence-electron chi connectivity index (χ0n) is 20.3. The second kappa shape index (κ2) is 9.18. The maximum Gasteiger partial charge on any atom is 0.295 e. The molecule has 4 aromatic rings. The van der Waals surface area contributed by atoms with Crippen LogP contribution in [0.25, 0.3) is 33.3 Å². The molecular weight excluding hydrogens is 530 g/mol. The van der Waals surface area contributed by atoms with Gasteiger partial charge >= 0.3 is 0 Å². The number of fused-ring (bicyclic) bond motifs is 2. The zero-order chi connectivity index (χ0) is 26.7. The highest BCUT2D eigenvalue weighted by molar-refractivity contribution is 7.90. The van der Waals surface area contributed by atoms with Gasteiger partial charge in [0.15, 0.2) is 15.9 Å². The highest BCUT2D eigenvalue weighted by Gasteiger charge is 2.61. The number of hydrogen-bond acceptors (Lipinski definition) is 8. The summed E-state index contributed by atoms with van der Waals surface area (Å²) < 4.78 is 40.9. The predicted octanol–water partition coefficient (Wildman–Crippen LogP) is 3.89. The Morgan fingerprint density at radius 1 is 1.11 bits per heavy atom. The van der Waals surface area contributed by atoms with E-state index in [0.29, 0.717) is 16.1 Å². The third kappa shape index (κ3) is 4.18. The van der Waals surface area contributed by atoms with Crippen LogP contribution >= 0.6 is 11.6 Å². The van der Waals surface area contributed by atoms with E-state index >= 15 is 0 Å². The van der Waals surface area contributed by atoms with E-state index in [2.05, 4.69) is 21.7 Å². The first-order valence-corrected chi connectivity index (χ1v) is 14.1. The summed E-state index contributed by atoms with van der Waals surface area (Å²) in [6, 6.07) is 18.5. The molecule has 2 aliphatic rings. The summed E-state index contributed by atoms with van der Waals surface area (Å²) in [6.07, 6.45) is -0.883. The van der Waals surface area contributed by atoms with Crippen LogP contribution in [0.3, 0.4) is 0 Å². The third-order valence-corrected chi connectivity index (χ3v) is 8.43. The predicted molar refractivity (Wildman–Crippen MR) is 143 cm³/mol. The Morgan fingerprint density at radius 3 is 2.42 bits per heavy atom. The number of halogens is 1. The van der Waals surface area contributed by atoms with E-state index in [0.717, 1.165) is 22.3 Å². The first kappa shape index (κ1) is 25.0. The third-order valence-electron chi connectivity index (χ3n) is 6.99. The number of aromatic nitrogens is 2. The molecule has 4 atom stereocenters. The summed E-state index contributed by atoms with van der Waals surface area (Å²) in [5.41, 5.74) is 3.71. The summed E-state index contributed by atoms with van der Waals surface area (Å²) in [4.78, 5) is 12.1. The van der Waals surface area contributed by atoms with Crippen LogP contribution in [0.15, 0.2) is 70.6 Å². The van der Waals surface area contributed by atoms with Gasteiger partial charge in [-0.3, -0.25) is 4.99 Å². The Hall–Kier alpha value is -3.28. The second-order valence-electron chi connectivity index (χ2n) is 9.41. The molecule has 11 heteroatoms. The standard InChI is InChI=1S/C27H24ClN3O6S/c1-29-27-24(14-35-25(27)23(32)13-36-27)37-26-30-21-11-19(20(28)12-22(21)31-26)17-5-3-15(4-6-17)16-7-9-18(10-8-16)38(2,33)34/h3-12,23-25,32H,1,13-14H2,2H3,(H,30,31)/t23-,24-,25-,27-/m1/s1. The van der Waals surface area contributed by atoms with Crippen molar-refractivity contribution in [1.82, 2.24) is 9.97 Å². The van der Waals surface area contributed by atoms with Gasteiger partial charge in [-0.15, -0.1) is 0 Å². The van der Waals surface area contributed by atoms with Gasteiger partial charge in [-0.25, -0.2) is 8.42 Å². The van der Waals surface area contributed by atoms with E-state index in [1.165, 1.54) is 6.26 Å². The number of nitrogens with zero attached hydrogens (tertiary/aromatic N) is 2. The quantitative estimate of drug-likeness (QED) is 0.347. The summed E-state index contributed by atoms with van der Waals surface area (Å²) in [5, 5.41) is 10.7. The minimum absolute atomic E-state index is 0.0907.